The van der Waals surface area contributed by atoms with Crippen molar-refractivity contribution in [3.05, 3.63) is 17.5 Å². The van der Waals surface area contributed by atoms with Gasteiger partial charge in [-0.05, 0) is 39.5 Å². The number of piperidine rings is 1. The predicted molar refractivity (Wildman–Crippen MR) is 115 cm³/mol. The molecule has 2 fully saturated rings. The van der Waals surface area contributed by atoms with Crippen LogP contribution in [0.3, 0.4) is 0 Å². The first-order valence-corrected chi connectivity index (χ1v) is 12.7. The molecule has 170 valence electrons. The van der Waals surface area contributed by atoms with Crippen LogP contribution in [0, 0.1) is 6.92 Å². The number of hydrogen-bond acceptors (Lipinski definition) is 6. The zero-order chi connectivity index (χ0) is 21.7. The second-order valence-electron chi connectivity index (χ2n) is 8.24. The van der Waals surface area contributed by atoms with Crippen LogP contribution in [0.2, 0.25) is 0 Å². The highest BCUT2D eigenvalue weighted by atomic mass is 32.2. The average Bonchev–Trinajstić information content (AvgIpc) is 3.12. The van der Waals surface area contributed by atoms with Gasteiger partial charge in [0, 0.05) is 64.2 Å². The van der Waals surface area contributed by atoms with Crippen LogP contribution in [0.4, 0.5) is 0 Å². The second-order valence-corrected chi connectivity index (χ2v) is 10.2. The van der Waals surface area contributed by atoms with Crippen molar-refractivity contribution in [2.24, 2.45) is 0 Å². The monoisotopic (exact) mass is 441 g/mol. The number of aromatic nitrogens is 2. The number of sulfonamides is 1. The van der Waals surface area contributed by atoms with E-state index in [1.54, 1.807) is 15.2 Å². The van der Waals surface area contributed by atoms with E-state index in [-0.39, 0.29) is 11.9 Å². The molecule has 0 saturated carbocycles. The molecular formula is C20H35N5O4S. The maximum Gasteiger partial charge on any atom is 0.254 e. The molecule has 1 unspecified atom stereocenters. The molecule has 3 rings (SSSR count). The Labute approximate surface area is 179 Å². The number of carbonyl (C=O) groups is 1. The van der Waals surface area contributed by atoms with E-state index in [0.717, 1.165) is 51.1 Å². The van der Waals surface area contributed by atoms with Crippen LogP contribution in [0.5, 0.6) is 0 Å². The van der Waals surface area contributed by atoms with E-state index in [9.17, 15) is 13.2 Å². The van der Waals surface area contributed by atoms with Crippen LogP contribution in [0.25, 0.3) is 0 Å². The summed E-state index contributed by atoms with van der Waals surface area (Å²) in [7, 11) is -3.20. The molecule has 0 aromatic carbocycles. The van der Waals surface area contributed by atoms with Crippen LogP contribution in [-0.4, -0.2) is 91.0 Å². The maximum absolute atomic E-state index is 12.6. The van der Waals surface area contributed by atoms with Gasteiger partial charge in [0.15, 0.2) is 0 Å². The Morgan fingerprint density at radius 1 is 1.30 bits per heavy atom. The first-order chi connectivity index (χ1) is 14.3. The molecule has 2 aliphatic rings. The molecule has 3 heterocycles. The average molecular weight is 442 g/mol. The molecule has 0 radical (unpaired) electrons. The molecule has 2 aliphatic heterocycles. The minimum atomic E-state index is -3.20. The number of rotatable bonds is 8. The highest BCUT2D eigenvalue weighted by Crippen LogP contribution is 2.24. The van der Waals surface area contributed by atoms with Crippen LogP contribution < -0.4 is 5.32 Å². The van der Waals surface area contributed by atoms with Crippen LogP contribution in [-0.2, 0) is 21.3 Å². The largest absolute Gasteiger partial charge is 0.381 e. The van der Waals surface area contributed by atoms with Gasteiger partial charge in [-0.15, -0.1) is 0 Å². The van der Waals surface area contributed by atoms with Gasteiger partial charge in [-0.1, -0.05) is 0 Å². The Hall–Kier alpha value is -1.49. The Kier molecular flexibility index (Phi) is 7.89. The molecule has 10 heteroatoms. The minimum Gasteiger partial charge on any atom is -0.381 e. The third-order valence-electron chi connectivity index (χ3n) is 6.13. The lowest BCUT2D eigenvalue weighted by Gasteiger charge is -2.43. The molecule has 1 amide bonds. The summed E-state index contributed by atoms with van der Waals surface area (Å²) in [5.74, 6) is -0.111. The number of carbonyl (C=O) groups excluding carboxylic acids is 1. The summed E-state index contributed by atoms with van der Waals surface area (Å²) in [6.07, 6.45) is 6.77. The standard InChI is InChI=1S/C20H35N5O4S/c1-4-23-15-19(16(2)22-23)20(26)21-9-11-25(17-7-12-29-13-8-17)18-6-5-10-24(14-18)30(3,27)28/h15,17-18H,4-14H2,1-3H3,(H,21,26). The molecule has 1 atom stereocenters. The zero-order valence-electron chi connectivity index (χ0n) is 18.3. The SMILES string of the molecule is CCn1cc(C(=O)NCCN(C2CCOCC2)C2CCCN(S(C)(=O)=O)C2)c(C)n1. The number of nitrogens with one attached hydrogen (secondary N) is 1. The van der Waals surface area contributed by atoms with Crippen molar-refractivity contribution in [2.75, 3.05) is 45.6 Å². The van der Waals surface area contributed by atoms with Gasteiger partial charge in [-0.25, -0.2) is 12.7 Å². The number of aryl methyl sites for hydroxylation is 2. The van der Waals surface area contributed by atoms with Gasteiger partial charge in [0.25, 0.3) is 5.91 Å². The molecule has 1 N–H and O–H groups in total. The van der Waals surface area contributed by atoms with Gasteiger partial charge in [-0.2, -0.15) is 5.10 Å². The van der Waals surface area contributed by atoms with Crippen molar-refractivity contribution in [1.29, 1.82) is 0 Å². The Bertz CT molecular complexity index is 819. The first-order valence-electron chi connectivity index (χ1n) is 10.9. The molecule has 9 nitrogen and oxygen atoms in total. The van der Waals surface area contributed by atoms with E-state index in [0.29, 0.717) is 37.8 Å². The van der Waals surface area contributed by atoms with E-state index in [2.05, 4.69) is 15.3 Å². The Balaban J connectivity index is 1.64. The second kappa shape index (κ2) is 10.2. The van der Waals surface area contributed by atoms with E-state index in [1.165, 1.54) is 6.26 Å². The zero-order valence-corrected chi connectivity index (χ0v) is 19.2. The van der Waals surface area contributed by atoms with Crippen molar-refractivity contribution < 1.29 is 17.9 Å². The summed E-state index contributed by atoms with van der Waals surface area (Å²) in [5.41, 5.74) is 1.34. The van der Waals surface area contributed by atoms with Gasteiger partial charge in [0.2, 0.25) is 10.0 Å². The van der Waals surface area contributed by atoms with Crippen LogP contribution in [0.15, 0.2) is 6.20 Å². The Morgan fingerprint density at radius 2 is 2.03 bits per heavy atom. The predicted octanol–water partition coefficient (Wildman–Crippen LogP) is 0.846. The Morgan fingerprint density at radius 3 is 2.67 bits per heavy atom. The van der Waals surface area contributed by atoms with Gasteiger partial charge < -0.3 is 10.1 Å². The lowest BCUT2D eigenvalue weighted by Crippen LogP contribution is -2.55. The summed E-state index contributed by atoms with van der Waals surface area (Å²) in [5, 5.41) is 7.37. The maximum atomic E-state index is 12.6. The molecular weight excluding hydrogens is 406 g/mol. The summed E-state index contributed by atoms with van der Waals surface area (Å²) >= 11 is 0. The molecule has 0 aliphatic carbocycles. The highest BCUT2D eigenvalue weighted by molar-refractivity contribution is 7.88. The fourth-order valence-corrected chi connectivity index (χ4v) is 5.37. The lowest BCUT2D eigenvalue weighted by atomic mass is 9.99. The lowest BCUT2D eigenvalue weighted by molar-refractivity contribution is 0.00673. The first kappa shape index (κ1) is 23.2. The third kappa shape index (κ3) is 5.81. The van der Waals surface area contributed by atoms with Crippen molar-refractivity contribution in [1.82, 2.24) is 24.3 Å². The number of hydrogen-bond donors (Lipinski definition) is 1. The minimum absolute atomic E-state index is 0.111. The van der Waals surface area contributed by atoms with Crippen molar-refractivity contribution in [3.63, 3.8) is 0 Å². The smallest absolute Gasteiger partial charge is 0.254 e. The third-order valence-corrected chi connectivity index (χ3v) is 7.40. The quantitative estimate of drug-likeness (QED) is 0.642. The number of ether oxygens (including phenoxy) is 1. The molecule has 0 bridgehead atoms. The summed E-state index contributed by atoms with van der Waals surface area (Å²) < 4.78 is 33.0. The van der Waals surface area contributed by atoms with Crippen molar-refractivity contribution >= 4 is 15.9 Å². The summed E-state index contributed by atoms with van der Waals surface area (Å²) in [6.45, 7) is 8.34. The summed E-state index contributed by atoms with van der Waals surface area (Å²) in [4.78, 5) is 15.0. The molecule has 2 saturated heterocycles. The van der Waals surface area contributed by atoms with Gasteiger partial charge in [-0.3, -0.25) is 14.4 Å². The highest BCUT2D eigenvalue weighted by Gasteiger charge is 2.33. The van der Waals surface area contributed by atoms with E-state index < -0.39 is 10.0 Å². The molecule has 1 aromatic heterocycles. The van der Waals surface area contributed by atoms with Gasteiger partial charge in [0.05, 0.1) is 17.5 Å². The van der Waals surface area contributed by atoms with Crippen molar-refractivity contribution in [2.45, 2.75) is 58.2 Å². The summed E-state index contributed by atoms with van der Waals surface area (Å²) in [6, 6.07) is 0.516. The molecule has 0 spiro atoms. The fourth-order valence-electron chi connectivity index (χ4n) is 4.47. The number of amides is 1. The fraction of sp³-hybridized carbons (Fsp3) is 0.800. The topological polar surface area (TPSA) is 96.8 Å². The molecule has 1 aromatic rings. The normalized spacial score (nSPS) is 21.8. The van der Waals surface area contributed by atoms with E-state index >= 15 is 0 Å². The molecule has 30 heavy (non-hydrogen) atoms. The van der Waals surface area contributed by atoms with Gasteiger partial charge >= 0.3 is 0 Å². The number of nitrogens with zero attached hydrogens (tertiary/aromatic N) is 4. The van der Waals surface area contributed by atoms with Crippen LogP contribution >= 0.6 is 0 Å². The van der Waals surface area contributed by atoms with Gasteiger partial charge in [0.1, 0.15) is 0 Å². The van der Waals surface area contributed by atoms with Crippen LogP contribution in [0.1, 0.15) is 48.7 Å². The van der Waals surface area contributed by atoms with Crippen molar-refractivity contribution in [3.8, 4) is 0 Å². The van der Waals surface area contributed by atoms with E-state index in [1.807, 2.05) is 13.8 Å². The van der Waals surface area contributed by atoms with E-state index in [4.69, 9.17) is 4.74 Å².